The van der Waals surface area contributed by atoms with Crippen LogP contribution < -0.4 is 9.62 Å². The smallest absolute Gasteiger partial charge is 0.267 e. The third kappa shape index (κ3) is 3.23. The van der Waals surface area contributed by atoms with Gasteiger partial charge in [0.1, 0.15) is 15.9 Å². The van der Waals surface area contributed by atoms with Crippen LogP contribution >= 0.6 is 23.2 Å². The molecule has 2 heterocycles. The summed E-state index contributed by atoms with van der Waals surface area (Å²) in [7, 11) is -3.87. The van der Waals surface area contributed by atoms with Gasteiger partial charge in [0, 0.05) is 6.20 Å². The van der Waals surface area contributed by atoms with Gasteiger partial charge in [-0.1, -0.05) is 29.3 Å². The third-order valence-corrected chi connectivity index (χ3v) is 5.45. The summed E-state index contributed by atoms with van der Waals surface area (Å²) in [6.07, 6.45) is 1.45. The van der Waals surface area contributed by atoms with E-state index < -0.39 is 21.8 Å². The largest absolute Gasteiger partial charge is 0.278 e. The molecule has 0 spiro atoms. The molecular weight excluding hydrogens is 389 g/mol. The number of hydrogen-bond donors (Lipinski definition) is 1. The molecule has 0 saturated carbocycles. The zero-order valence-electron chi connectivity index (χ0n) is 12.3. The summed E-state index contributed by atoms with van der Waals surface area (Å²) in [4.78, 5) is 28.5. The molecule has 128 valence electrons. The van der Waals surface area contributed by atoms with E-state index in [1.807, 2.05) is 0 Å². The molecule has 1 N–H and O–H groups in total. The molecule has 1 aliphatic rings. The summed E-state index contributed by atoms with van der Waals surface area (Å²) < 4.78 is 27.0. The Hall–Kier alpha value is -2.42. The molecular formula is C15H9Cl2N3O4S. The average Bonchev–Trinajstić information content (AvgIpc) is 2.79. The van der Waals surface area contributed by atoms with E-state index in [1.165, 1.54) is 36.5 Å². The second kappa shape index (κ2) is 6.47. The molecule has 2 amide bonds. The highest BCUT2D eigenvalue weighted by Crippen LogP contribution is 2.31. The molecule has 3 rings (SSSR count). The Morgan fingerprint density at radius 3 is 2.04 bits per heavy atom. The van der Waals surface area contributed by atoms with Crippen LogP contribution in [0.2, 0.25) is 0 Å². The second-order valence-corrected chi connectivity index (χ2v) is 7.33. The number of amides is 2. The highest BCUT2D eigenvalue weighted by molar-refractivity contribution is 7.92. The maximum Gasteiger partial charge on any atom is 0.278 e. The number of aromatic nitrogens is 1. The van der Waals surface area contributed by atoms with Gasteiger partial charge in [0.2, 0.25) is 0 Å². The first kappa shape index (κ1) is 17.4. The van der Waals surface area contributed by atoms with Crippen molar-refractivity contribution in [3.63, 3.8) is 0 Å². The van der Waals surface area contributed by atoms with Gasteiger partial charge in [-0.2, -0.15) is 0 Å². The fraction of sp³-hybridized carbons (Fsp3) is 0. The molecule has 0 radical (unpaired) electrons. The normalized spacial score (nSPS) is 15.0. The van der Waals surface area contributed by atoms with E-state index in [0.29, 0.717) is 0 Å². The Morgan fingerprint density at radius 1 is 0.920 bits per heavy atom. The number of anilines is 2. The lowest BCUT2D eigenvalue weighted by atomic mass is 10.3. The SMILES string of the molecule is O=C1C(Cl)=C(Cl)C(=O)N1c1ccc(S(=O)(=O)Nc2ccccn2)cc1. The van der Waals surface area contributed by atoms with Crippen molar-refractivity contribution in [2.24, 2.45) is 0 Å². The summed E-state index contributed by atoms with van der Waals surface area (Å²) in [6.45, 7) is 0. The number of sulfonamides is 1. The first-order valence-corrected chi connectivity index (χ1v) is 9.03. The minimum absolute atomic E-state index is 0.0637. The standard InChI is InChI=1S/C15H9Cl2N3O4S/c16-12-13(17)15(22)20(14(12)21)9-4-6-10(7-5-9)25(23,24)19-11-3-1-2-8-18-11/h1-8H,(H,18,19). The highest BCUT2D eigenvalue weighted by atomic mass is 35.5. The van der Waals surface area contributed by atoms with Crippen molar-refractivity contribution in [1.29, 1.82) is 0 Å². The van der Waals surface area contributed by atoms with Gasteiger partial charge in [-0.3, -0.25) is 14.3 Å². The number of nitrogens with one attached hydrogen (secondary N) is 1. The minimum atomic E-state index is -3.87. The number of hydrogen-bond acceptors (Lipinski definition) is 5. The third-order valence-electron chi connectivity index (χ3n) is 3.28. The van der Waals surface area contributed by atoms with Gasteiger partial charge in [-0.05, 0) is 36.4 Å². The topological polar surface area (TPSA) is 96.4 Å². The molecule has 0 bridgehead atoms. The number of carbonyl (C=O) groups is 2. The van der Waals surface area contributed by atoms with Gasteiger partial charge in [-0.15, -0.1) is 0 Å². The van der Waals surface area contributed by atoms with Crippen LogP contribution in [-0.4, -0.2) is 25.2 Å². The number of nitrogens with zero attached hydrogens (tertiary/aromatic N) is 2. The van der Waals surface area contributed by atoms with Crippen LogP contribution in [0.1, 0.15) is 0 Å². The van der Waals surface area contributed by atoms with E-state index >= 15 is 0 Å². The molecule has 2 aromatic rings. The molecule has 7 nitrogen and oxygen atoms in total. The van der Waals surface area contributed by atoms with Gasteiger partial charge in [0.05, 0.1) is 10.6 Å². The zero-order valence-corrected chi connectivity index (χ0v) is 14.6. The highest BCUT2D eigenvalue weighted by Gasteiger charge is 2.37. The second-order valence-electron chi connectivity index (χ2n) is 4.89. The number of carbonyl (C=O) groups excluding carboxylic acids is 2. The lowest BCUT2D eigenvalue weighted by molar-refractivity contribution is -0.120. The fourth-order valence-corrected chi connectivity index (χ4v) is 3.44. The molecule has 0 aliphatic carbocycles. The molecule has 0 fully saturated rings. The van der Waals surface area contributed by atoms with E-state index in [0.717, 1.165) is 4.90 Å². The van der Waals surface area contributed by atoms with Crippen molar-refractivity contribution in [3.05, 3.63) is 58.7 Å². The van der Waals surface area contributed by atoms with Crippen LogP contribution in [0.5, 0.6) is 0 Å². The monoisotopic (exact) mass is 397 g/mol. The Labute approximate surface area is 152 Å². The van der Waals surface area contributed by atoms with E-state index in [2.05, 4.69) is 9.71 Å². The van der Waals surface area contributed by atoms with Crippen LogP contribution in [0.4, 0.5) is 11.5 Å². The molecule has 1 aromatic carbocycles. The summed E-state index contributed by atoms with van der Waals surface area (Å²) in [5.41, 5.74) is 0.153. The van der Waals surface area contributed by atoms with Crippen LogP contribution in [0.3, 0.4) is 0 Å². The first-order chi connectivity index (χ1) is 11.8. The molecule has 0 unspecified atom stereocenters. The number of imide groups is 1. The van der Waals surface area contributed by atoms with Crippen molar-refractivity contribution < 1.29 is 18.0 Å². The van der Waals surface area contributed by atoms with Crippen molar-refractivity contribution >= 4 is 56.5 Å². The lowest BCUT2D eigenvalue weighted by Gasteiger charge is -2.14. The summed E-state index contributed by atoms with van der Waals surface area (Å²) in [5.74, 6) is -1.36. The zero-order chi connectivity index (χ0) is 18.2. The van der Waals surface area contributed by atoms with Gasteiger partial charge in [0.15, 0.2) is 0 Å². The molecule has 25 heavy (non-hydrogen) atoms. The Kier molecular flexibility index (Phi) is 4.51. The van der Waals surface area contributed by atoms with Gasteiger partial charge >= 0.3 is 0 Å². The quantitative estimate of drug-likeness (QED) is 0.799. The molecule has 0 saturated heterocycles. The number of rotatable bonds is 4. The maximum absolute atomic E-state index is 12.3. The predicted molar refractivity (Wildman–Crippen MR) is 92.7 cm³/mol. The van der Waals surface area contributed by atoms with E-state index in [1.54, 1.807) is 12.1 Å². The molecule has 10 heteroatoms. The summed E-state index contributed by atoms with van der Waals surface area (Å²) in [6, 6.07) is 9.91. The Balaban J connectivity index is 1.86. The van der Waals surface area contributed by atoms with Crippen molar-refractivity contribution in [2.75, 3.05) is 9.62 Å². The van der Waals surface area contributed by atoms with Crippen LogP contribution in [-0.2, 0) is 19.6 Å². The van der Waals surface area contributed by atoms with Crippen molar-refractivity contribution in [1.82, 2.24) is 4.98 Å². The first-order valence-electron chi connectivity index (χ1n) is 6.79. The van der Waals surface area contributed by atoms with Crippen LogP contribution in [0, 0.1) is 0 Å². The maximum atomic E-state index is 12.3. The predicted octanol–water partition coefficient (Wildman–Crippen LogP) is 2.44. The van der Waals surface area contributed by atoms with E-state index in [-0.39, 0.29) is 26.5 Å². The van der Waals surface area contributed by atoms with E-state index in [4.69, 9.17) is 23.2 Å². The van der Waals surface area contributed by atoms with Gasteiger partial charge < -0.3 is 0 Å². The molecule has 0 atom stereocenters. The lowest BCUT2D eigenvalue weighted by Crippen LogP contribution is -2.30. The Bertz CT molecular complexity index is 965. The molecule has 1 aliphatic heterocycles. The van der Waals surface area contributed by atoms with Crippen LogP contribution in [0.25, 0.3) is 0 Å². The van der Waals surface area contributed by atoms with Crippen molar-refractivity contribution in [2.45, 2.75) is 4.90 Å². The fourth-order valence-electron chi connectivity index (χ4n) is 2.10. The summed E-state index contributed by atoms with van der Waals surface area (Å²) >= 11 is 11.3. The average molecular weight is 398 g/mol. The minimum Gasteiger partial charge on any atom is -0.267 e. The van der Waals surface area contributed by atoms with E-state index in [9.17, 15) is 18.0 Å². The Morgan fingerprint density at radius 2 is 1.52 bits per heavy atom. The van der Waals surface area contributed by atoms with Crippen LogP contribution in [0.15, 0.2) is 63.6 Å². The number of halogens is 2. The van der Waals surface area contributed by atoms with Gasteiger partial charge in [0.25, 0.3) is 21.8 Å². The molecule has 1 aromatic heterocycles. The van der Waals surface area contributed by atoms with Crippen molar-refractivity contribution in [3.8, 4) is 0 Å². The summed E-state index contributed by atoms with van der Waals surface area (Å²) in [5, 5.41) is -0.750. The number of pyridine rings is 1. The number of benzene rings is 1. The van der Waals surface area contributed by atoms with Gasteiger partial charge in [-0.25, -0.2) is 18.3 Å².